The van der Waals surface area contributed by atoms with E-state index in [1.54, 1.807) is 12.1 Å². The van der Waals surface area contributed by atoms with Gasteiger partial charge in [-0.25, -0.2) is 8.42 Å². The third-order valence-electron chi connectivity index (χ3n) is 2.34. The molecule has 20 heavy (non-hydrogen) atoms. The molecule has 0 amide bonds. The third-order valence-corrected chi connectivity index (χ3v) is 2.92. The Bertz CT molecular complexity index is 589. The highest BCUT2D eigenvalue weighted by atomic mass is 32.2. The standard InChI is InChI=1S/C13H20N2O4S/c1-13(2,3)19-12-10(18-9-5-6-9)7-8-11(14-12)15-20(4,16)17/h7-9H,5-6H2,1-4H3,(H,14,15). The van der Waals surface area contributed by atoms with Crippen molar-refractivity contribution in [3.63, 3.8) is 0 Å². The number of rotatable bonds is 5. The highest BCUT2D eigenvalue weighted by Gasteiger charge is 2.27. The first-order valence-electron chi connectivity index (χ1n) is 6.47. The molecule has 0 unspecified atom stereocenters. The number of nitrogens with one attached hydrogen (secondary N) is 1. The largest absolute Gasteiger partial charge is 0.485 e. The van der Waals surface area contributed by atoms with Gasteiger partial charge in [-0.05, 0) is 45.7 Å². The molecular formula is C13H20N2O4S. The first-order valence-corrected chi connectivity index (χ1v) is 8.36. The molecule has 1 aromatic heterocycles. The molecule has 1 fully saturated rings. The predicted molar refractivity (Wildman–Crippen MR) is 76.7 cm³/mol. The van der Waals surface area contributed by atoms with Crippen LogP contribution < -0.4 is 14.2 Å². The molecule has 1 saturated carbocycles. The number of nitrogens with zero attached hydrogens (tertiary/aromatic N) is 1. The van der Waals surface area contributed by atoms with Gasteiger partial charge in [-0.1, -0.05) is 0 Å². The topological polar surface area (TPSA) is 77.5 Å². The Kier molecular flexibility index (Phi) is 3.82. The van der Waals surface area contributed by atoms with Gasteiger partial charge in [0.15, 0.2) is 5.75 Å². The first-order chi connectivity index (χ1) is 9.12. The Morgan fingerprint density at radius 1 is 1.30 bits per heavy atom. The SMILES string of the molecule is CC(C)(C)Oc1nc(NS(C)(=O)=O)ccc1OC1CC1. The monoisotopic (exact) mass is 300 g/mol. The maximum atomic E-state index is 11.2. The zero-order valence-electron chi connectivity index (χ0n) is 12.1. The lowest BCUT2D eigenvalue weighted by Gasteiger charge is -2.22. The molecule has 0 bridgehead atoms. The maximum Gasteiger partial charge on any atom is 0.259 e. The summed E-state index contributed by atoms with van der Waals surface area (Å²) in [5.41, 5.74) is -0.446. The number of sulfonamides is 1. The minimum atomic E-state index is -3.37. The minimum Gasteiger partial charge on any atom is -0.485 e. The van der Waals surface area contributed by atoms with Gasteiger partial charge >= 0.3 is 0 Å². The van der Waals surface area contributed by atoms with E-state index in [1.165, 1.54) is 0 Å². The average molecular weight is 300 g/mol. The van der Waals surface area contributed by atoms with Gasteiger partial charge in [-0.2, -0.15) is 4.98 Å². The highest BCUT2D eigenvalue weighted by molar-refractivity contribution is 7.92. The van der Waals surface area contributed by atoms with E-state index >= 15 is 0 Å². The van der Waals surface area contributed by atoms with Gasteiger partial charge in [0.25, 0.3) is 5.88 Å². The molecule has 2 rings (SSSR count). The van der Waals surface area contributed by atoms with Crippen LogP contribution in [0.3, 0.4) is 0 Å². The number of hydrogen-bond acceptors (Lipinski definition) is 5. The number of ether oxygens (including phenoxy) is 2. The van der Waals surface area contributed by atoms with E-state index in [0.717, 1.165) is 19.1 Å². The minimum absolute atomic E-state index is 0.216. The van der Waals surface area contributed by atoms with Crippen LogP contribution in [0.15, 0.2) is 12.1 Å². The van der Waals surface area contributed by atoms with Crippen molar-refractivity contribution in [2.24, 2.45) is 0 Å². The predicted octanol–water partition coefficient (Wildman–Crippen LogP) is 2.17. The van der Waals surface area contributed by atoms with Crippen LogP contribution in [-0.4, -0.2) is 31.4 Å². The van der Waals surface area contributed by atoms with E-state index < -0.39 is 15.6 Å². The van der Waals surface area contributed by atoms with Crippen molar-refractivity contribution in [3.05, 3.63) is 12.1 Å². The fourth-order valence-electron chi connectivity index (χ4n) is 1.49. The van der Waals surface area contributed by atoms with Crippen LogP contribution in [0.5, 0.6) is 11.6 Å². The molecule has 1 aliphatic carbocycles. The summed E-state index contributed by atoms with van der Waals surface area (Å²) in [7, 11) is -3.37. The van der Waals surface area contributed by atoms with Gasteiger partial charge in [0, 0.05) is 0 Å². The molecule has 6 nitrogen and oxygen atoms in total. The lowest BCUT2D eigenvalue weighted by Crippen LogP contribution is -2.24. The van der Waals surface area contributed by atoms with Gasteiger partial charge < -0.3 is 9.47 Å². The van der Waals surface area contributed by atoms with Crippen LogP contribution in [-0.2, 0) is 10.0 Å². The summed E-state index contributed by atoms with van der Waals surface area (Å²) in [5, 5.41) is 0. The van der Waals surface area contributed by atoms with E-state index in [2.05, 4.69) is 9.71 Å². The lowest BCUT2D eigenvalue weighted by molar-refractivity contribution is 0.116. The summed E-state index contributed by atoms with van der Waals surface area (Å²) in [6.07, 6.45) is 3.34. The lowest BCUT2D eigenvalue weighted by atomic mass is 10.2. The van der Waals surface area contributed by atoms with E-state index in [-0.39, 0.29) is 11.9 Å². The Hall–Kier alpha value is -1.50. The Balaban J connectivity index is 2.27. The second kappa shape index (κ2) is 5.12. The van der Waals surface area contributed by atoms with Crippen LogP contribution in [0, 0.1) is 0 Å². The van der Waals surface area contributed by atoms with Crippen LogP contribution in [0.4, 0.5) is 5.82 Å². The van der Waals surface area contributed by atoms with Crippen LogP contribution in [0.25, 0.3) is 0 Å². The van der Waals surface area contributed by atoms with Crippen LogP contribution in [0.1, 0.15) is 33.6 Å². The van der Waals surface area contributed by atoms with E-state index in [1.807, 2.05) is 20.8 Å². The fourth-order valence-corrected chi connectivity index (χ4v) is 1.99. The van der Waals surface area contributed by atoms with Gasteiger partial charge in [0.2, 0.25) is 10.0 Å². The molecule has 1 heterocycles. The molecule has 0 aromatic carbocycles. The molecule has 0 spiro atoms. The molecule has 0 aliphatic heterocycles. The Labute approximate surface area is 119 Å². The highest BCUT2D eigenvalue weighted by Crippen LogP contribution is 2.35. The van der Waals surface area contributed by atoms with Gasteiger partial charge in [-0.3, -0.25) is 4.72 Å². The van der Waals surface area contributed by atoms with Crippen molar-refractivity contribution >= 4 is 15.8 Å². The van der Waals surface area contributed by atoms with Crippen molar-refractivity contribution < 1.29 is 17.9 Å². The van der Waals surface area contributed by atoms with Crippen molar-refractivity contribution in [1.82, 2.24) is 4.98 Å². The van der Waals surface area contributed by atoms with Crippen molar-refractivity contribution in [2.45, 2.75) is 45.3 Å². The van der Waals surface area contributed by atoms with Crippen LogP contribution in [0.2, 0.25) is 0 Å². The second-order valence-corrected chi connectivity index (χ2v) is 7.65. The zero-order chi connectivity index (χ0) is 15.0. The number of pyridine rings is 1. The Morgan fingerprint density at radius 3 is 2.45 bits per heavy atom. The number of hydrogen-bond donors (Lipinski definition) is 1. The van der Waals surface area contributed by atoms with E-state index in [9.17, 15) is 8.42 Å². The first kappa shape index (κ1) is 14.9. The molecule has 0 atom stereocenters. The van der Waals surface area contributed by atoms with Gasteiger partial charge in [-0.15, -0.1) is 0 Å². The fraction of sp³-hybridized carbons (Fsp3) is 0.615. The molecule has 7 heteroatoms. The zero-order valence-corrected chi connectivity index (χ0v) is 13.0. The summed E-state index contributed by atoms with van der Waals surface area (Å²) in [6, 6.07) is 3.24. The van der Waals surface area contributed by atoms with E-state index in [4.69, 9.17) is 9.47 Å². The average Bonchev–Trinajstić information content (AvgIpc) is 3.01. The van der Waals surface area contributed by atoms with Crippen molar-refractivity contribution in [3.8, 4) is 11.6 Å². The smallest absolute Gasteiger partial charge is 0.259 e. The molecular weight excluding hydrogens is 280 g/mol. The molecule has 1 aromatic rings. The number of anilines is 1. The maximum absolute atomic E-state index is 11.2. The molecule has 1 N–H and O–H groups in total. The van der Waals surface area contributed by atoms with Gasteiger partial charge in [0.05, 0.1) is 12.4 Å². The normalized spacial score (nSPS) is 15.8. The summed E-state index contributed by atoms with van der Waals surface area (Å²) < 4.78 is 36.3. The van der Waals surface area contributed by atoms with E-state index in [0.29, 0.717) is 11.6 Å². The molecule has 0 saturated heterocycles. The van der Waals surface area contributed by atoms with Crippen molar-refractivity contribution in [2.75, 3.05) is 11.0 Å². The molecule has 0 radical (unpaired) electrons. The Morgan fingerprint density at radius 2 is 1.95 bits per heavy atom. The third kappa shape index (κ3) is 4.88. The summed E-state index contributed by atoms with van der Waals surface area (Å²) in [5.74, 6) is 1.06. The summed E-state index contributed by atoms with van der Waals surface area (Å²) in [4.78, 5) is 4.19. The molecule has 112 valence electrons. The second-order valence-electron chi connectivity index (χ2n) is 5.91. The van der Waals surface area contributed by atoms with Crippen molar-refractivity contribution in [1.29, 1.82) is 0 Å². The summed E-state index contributed by atoms with van der Waals surface area (Å²) in [6.45, 7) is 5.69. The van der Waals surface area contributed by atoms with Crippen LogP contribution >= 0.6 is 0 Å². The summed E-state index contributed by atoms with van der Waals surface area (Å²) >= 11 is 0. The number of aromatic nitrogens is 1. The molecule has 1 aliphatic rings. The van der Waals surface area contributed by atoms with Gasteiger partial charge in [0.1, 0.15) is 11.4 Å². The quantitative estimate of drug-likeness (QED) is 0.901.